The second-order valence-corrected chi connectivity index (χ2v) is 12.4. The molecule has 10 heteroatoms. The lowest BCUT2D eigenvalue weighted by Gasteiger charge is -2.27. The van der Waals surface area contributed by atoms with Crippen LogP contribution in [0.15, 0.2) is 120 Å². The van der Waals surface area contributed by atoms with E-state index in [1.165, 1.54) is 10.5 Å². The number of carbonyl (C=O) groups is 2. The van der Waals surface area contributed by atoms with Gasteiger partial charge in [-0.3, -0.25) is 14.5 Å². The lowest BCUT2D eigenvalue weighted by atomic mass is 10.0. The highest BCUT2D eigenvalue weighted by Crippen LogP contribution is 2.28. The third-order valence-electron chi connectivity index (χ3n) is 8.54. The number of anilines is 1. The number of rotatable bonds is 13. The van der Waals surface area contributed by atoms with Gasteiger partial charge >= 0.3 is 5.97 Å². The molecular formula is C41H38N4O6. The summed E-state index contributed by atoms with van der Waals surface area (Å²) in [7, 11) is 1.61. The van der Waals surface area contributed by atoms with E-state index in [4.69, 9.17) is 9.26 Å². The van der Waals surface area contributed by atoms with Gasteiger partial charge in [0.25, 0.3) is 5.89 Å². The van der Waals surface area contributed by atoms with Crippen molar-refractivity contribution < 1.29 is 29.1 Å². The maximum atomic E-state index is 12.7. The van der Waals surface area contributed by atoms with Crippen LogP contribution in [0.3, 0.4) is 0 Å². The molecule has 10 nitrogen and oxygen atoms in total. The van der Waals surface area contributed by atoms with Crippen LogP contribution in [0, 0.1) is 13.8 Å². The molecule has 1 amide bonds. The number of carboxylic acid groups (broad SMARTS) is 1. The van der Waals surface area contributed by atoms with Crippen molar-refractivity contribution in [3.05, 3.63) is 143 Å². The van der Waals surface area contributed by atoms with Gasteiger partial charge < -0.3 is 24.8 Å². The van der Waals surface area contributed by atoms with Crippen molar-refractivity contribution in [2.75, 3.05) is 19.0 Å². The van der Waals surface area contributed by atoms with Gasteiger partial charge in [-0.2, -0.15) is 4.98 Å². The fraction of sp³-hybridized carbons (Fsp3) is 0.171. The van der Waals surface area contributed by atoms with Gasteiger partial charge in [0.05, 0.1) is 20.1 Å². The predicted molar refractivity (Wildman–Crippen MR) is 195 cm³/mol. The first kappa shape index (κ1) is 34.8. The Morgan fingerprint density at radius 1 is 0.804 bits per heavy atom. The summed E-state index contributed by atoms with van der Waals surface area (Å²) in [4.78, 5) is 30.4. The number of aryl methyl sites for hydroxylation is 2. The van der Waals surface area contributed by atoms with Crippen LogP contribution in [0.2, 0.25) is 0 Å². The summed E-state index contributed by atoms with van der Waals surface area (Å²) in [6.07, 6.45) is -1.01. The number of amides is 1. The Labute approximate surface area is 296 Å². The largest absolute Gasteiger partial charge is 0.496 e. The molecule has 6 aromatic rings. The van der Waals surface area contributed by atoms with E-state index < -0.39 is 12.2 Å². The zero-order valence-electron chi connectivity index (χ0n) is 28.5. The SMILES string of the molecule is COc1ccc(CC(=O)Nc2ccc(C(O)N(CC(=O)O)Cc3ccc(-c4noc(-c5ccc(-c6ccc(C)cc6)cc5)n4)cc3)cc2)cc1C. The zero-order valence-corrected chi connectivity index (χ0v) is 28.5. The molecule has 1 heterocycles. The van der Waals surface area contributed by atoms with Crippen molar-refractivity contribution >= 4 is 17.6 Å². The maximum absolute atomic E-state index is 12.7. The molecule has 1 atom stereocenters. The smallest absolute Gasteiger partial charge is 0.317 e. The molecule has 258 valence electrons. The van der Waals surface area contributed by atoms with Gasteiger partial charge in [0.15, 0.2) is 0 Å². The van der Waals surface area contributed by atoms with Crippen LogP contribution in [0.5, 0.6) is 5.75 Å². The lowest BCUT2D eigenvalue weighted by Crippen LogP contribution is -2.33. The first-order chi connectivity index (χ1) is 24.6. The van der Waals surface area contributed by atoms with Crippen LogP contribution in [0.25, 0.3) is 34.0 Å². The van der Waals surface area contributed by atoms with Gasteiger partial charge in [-0.15, -0.1) is 0 Å². The summed E-state index contributed by atoms with van der Waals surface area (Å²) in [5, 5.41) is 27.8. The van der Waals surface area contributed by atoms with Gasteiger partial charge in [-0.1, -0.05) is 95.6 Å². The average Bonchev–Trinajstić information content (AvgIpc) is 3.63. The Morgan fingerprint density at radius 3 is 2.04 bits per heavy atom. The monoisotopic (exact) mass is 682 g/mol. The molecule has 1 unspecified atom stereocenters. The van der Waals surface area contributed by atoms with E-state index in [0.29, 0.717) is 23.0 Å². The number of aliphatic hydroxyl groups excluding tert-OH is 1. The Kier molecular flexibility index (Phi) is 10.6. The van der Waals surface area contributed by atoms with Gasteiger partial charge in [0.1, 0.15) is 12.0 Å². The Balaban J connectivity index is 1.08. The molecule has 0 bridgehead atoms. The number of benzene rings is 5. The van der Waals surface area contributed by atoms with Crippen LogP contribution in [0.4, 0.5) is 5.69 Å². The molecular weight excluding hydrogens is 644 g/mol. The predicted octanol–water partition coefficient (Wildman–Crippen LogP) is 7.45. The standard InChI is InChI=1S/C41H38N4O6/c1-26-4-9-30(10-5-26)31-13-15-33(16-14-31)40-43-39(44-51-40)32-11-6-28(7-12-32)24-45(25-38(47)48)41(49)34-17-19-35(20-18-34)42-37(46)23-29-8-21-36(50-3)27(2)22-29/h4-22,41,49H,23-25H2,1-3H3,(H,42,46)(H,47,48). The highest BCUT2D eigenvalue weighted by molar-refractivity contribution is 5.92. The molecule has 3 N–H and O–H groups in total. The summed E-state index contributed by atoms with van der Waals surface area (Å²) < 4.78 is 10.8. The van der Waals surface area contributed by atoms with Crippen molar-refractivity contribution in [2.45, 2.75) is 33.0 Å². The molecule has 0 aliphatic rings. The number of carboxylic acids is 1. The molecule has 51 heavy (non-hydrogen) atoms. The fourth-order valence-corrected chi connectivity index (χ4v) is 5.80. The Hall–Kier alpha value is -6.10. The van der Waals surface area contributed by atoms with Gasteiger partial charge in [0.2, 0.25) is 11.7 Å². The van der Waals surface area contributed by atoms with Crippen LogP contribution in [-0.4, -0.2) is 50.8 Å². The first-order valence-corrected chi connectivity index (χ1v) is 16.4. The number of methoxy groups -OCH3 is 1. The van der Waals surface area contributed by atoms with Crippen molar-refractivity contribution in [1.82, 2.24) is 15.0 Å². The summed E-state index contributed by atoms with van der Waals surface area (Å²) in [6, 6.07) is 35.9. The van der Waals surface area contributed by atoms with Crippen molar-refractivity contribution in [2.24, 2.45) is 0 Å². The third-order valence-corrected chi connectivity index (χ3v) is 8.54. The van der Waals surface area contributed by atoms with Crippen molar-refractivity contribution in [1.29, 1.82) is 0 Å². The van der Waals surface area contributed by atoms with E-state index in [1.807, 2.05) is 73.7 Å². The number of aliphatic carboxylic acids is 1. The second-order valence-electron chi connectivity index (χ2n) is 12.4. The van der Waals surface area contributed by atoms with Crippen LogP contribution >= 0.6 is 0 Å². The summed E-state index contributed by atoms with van der Waals surface area (Å²) in [5.41, 5.74) is 8.60. The molecule has 6 rings (SSSR count). The van der Waals surface area contributed by atoms with E-state index in [2.05, 4.69) is 46.6 Å². The maximum Gasteiger partial charge on any atom is 0.317 e. The number of nitrogens with one attached hydrogen (secondary N) is 1. The minimum atomic E-state index is -1.20. The highest BCUT2D eigenvalue weighted by Gasteiger charge is 2.21. The lowest BCUT2D eigenvalue weighted by molar-refractivity contribution is -0.142. The molecule has 5 aromatic carbocycles. The van der Waals surface area contributed by atoms with Crippen molar-refractivity contribution in [3.63, 3.8) is 0 Å². The van der Waals surface area contributed by atoms with E-state index >= 15 is 0 Å². The first-order valence-electron chi connectivity index (χ1n) is 16.4. The topological polar surface area (TPSA) is 138 Å². The van der Waals surface area contributed by atoms with Gasteiger partial charge in [0, 0.05) is 23.4 Å². The summed E-state index contributed by atoms with van der Waals surface area (Å²) >= 11 is 0. The minimum Gasteiger partial charge on any atom is -0.496 e. The summed E-state index contributed by atoms with van der Waals surface area (Å²) in [5.74, 6) is 0.325. The van der Waals surface area contributed by atoms with Gasteiger partial charge in [-0.05, 0) is 77.6 Å². The number of hydrogen-bond acceptors (Lipinski definition) is 8. The Bertz CT molecular complexity index is 2110. The number of carbonyl (C=O) groups excluding carboxylic acids is 1. The third kappa shape index (κ3) is 8.74. The highest BCUT2D eigenvalue weighted by atomic mass is 16.5. The number of nitrogens with zero attached hydrogens (tertiary/aromatic N) is 3. The number of aliphatic hydroxyl groups is 1. The van der Waals surface area contributed by atoms with Crippen LogP contribution in [0.1, 0.15) is 34.0 Å². The van der Waals surface area contributed by atoms with Crippen LogP contribution < -0.4 is 10.1 Å². The molecule has 0 saturated heterocycles. The van der Waals surface area contributed by atoms with E-state index in [-0.39, 0.29) is 25.4 Å². The van der Waals surface area contributed by atoms with E-state index in [9.17, 15) is 19.8 Å². The molecule has 1 aromatic heterocycles. The summed E-state index contributed by atoms with van der Waals surface area (Å²) in [6.45, 7) is 3.76. The molecule has 0 fully saturated rings. The fourth-order valence-electron chi connectivity index (χ4n) is 5.80. The molecule has 0 radical (unpaired) electrons. The number of hydrogen-bond donors (Lipinski definition) is 3. The number of aromatic nitrogens is 2. The molecule has 0 spiro atoms. The molecule has 0 saturated carbocycles. The second kappa shape index (κ2) is 15.6. The Morgan fingerprint density at radius 2 is 1.41 bits per heavy atom. The molecule has 0 aliphatic heterocycles. The van der Waals surface area contributed by atoms with Crippen LogP contribution in [-0.2, 0) is 22.6 Å². The zero-order chi connectivity index (χ0) is 35.9. The quantitative estimate of drug-likeness (QED) is 0.106. The van der Waals surface area contributed by atoms with E-state index in [0.717, 1.165) is 44.7 Å². The van der Waals surface area contributed by atoms with Crippen molar-refractivity contribution in [3.8, 4) is 39.7 Å². The van der Waals surface area contributed by atoms with E-state index in [1.54, 1.807) is 31.4 Å². The van der Waals surface area contributed by atoms with Gasteiger partial charge in [-0.25, -0.2) is 0 Å². The average molecular weight is 683 g/mol. The normalized spacial score (nSPS) is 11.7. The number of ether oxygens (including phenoxy) is 1. The molecule has 0 aliphatic carbocycles. The minimum absolute atomic E-state index is 0.165.